The number of nitrogens with one attached hydrogen (secondary N) is 1. The van der Waals surface area contributed by atoms with E-state index in [0.29, 0.717) is 5.92 Å². The average molecular weight is 431 g/mol. The molecule has 5 nitrogen and oxygen atoms in total. The number of carbonyl (C=O) groups is 1. The highest BCUT2D eigenvalue weighted by molar-refractivity contribution is 7.98. The van der Waals surface area contributed by atoms with Crippen LogP contribution >= 0.6 is 11.8 Å². The van der Waals surface area contributed by atoms with Crippen molar-refractivity contribution >= 4 is 34.4 Å². The van der Waals surface area contributed by atoms with Gasteiger partial charge in [0, 0.05) is 17.6 Å². The molecule has 31 heavy (non-hydrogen) atoms. The largest absolute Gasteiger partial charge is 0.325 e. The Kier molecular flexibility index (Phi) is 6.37. The van der Waals surface area contributed by atoms with Crippen LogP contribution in [0.4, 0.5) is 5.69 Å². The van der Waals surface area contributed by atoms with Gasteiger partial charge in [-0.2, -0.15) is 0 Å². The molecule has 0 atom stereocenters. The molecule has 0 saturated carbocycles. The number of aromatic nitrogens is 3. The lowest BCUT2D eigenvalue weighted by Crippen LogP contribution is -2.19. The highest BCUT2D eigenvalue weighted by Crippen LogP contribution is 2.27. The number of aryl methyl sites for hydroxylation is 1. The van der Waals surface area contributed by atoms with Gasteiger partial charge in [-0.15, -0.1) is 0 Å². The number of amides is 1. The van der Waals surface area contributed by atoms with Crippen LogP contribution in [0.15, 0.2) is 72.1 Å². The number of pyridine rings is 1. The van der Waals surface area contributed by atoms with E-state index in [1.54, 1.807) is 24.2 Å². The van der Waals surface area contributed by atoms with Crippen molar-refractivity contribution in [2.45, 2.75) is 44.1 Å². The van der Waals surface area contributed by atoms with E-state index in [9.17, 15) is 4.79 Å². The summed E-state index contributed by atoms with van der Waals surface area (Å²) in [6.07, 6.45) is 3.49. The normalized spacial score (nSPS) is 11.2. The van der Waals surface area contributed by atoms with Crippen LogP contribution < -0.4 is 5.32 Å². The molecule has 4 rings (SSSR count). The number of hydrogen-bond donors (Lipinski definition) is 1. The van der Waals surface area contributed by atoms with Crippen LogP contribution in [0.3, 0.4) is 0 Å². The van der Waals surface area contributed by atoms with Crippen molar-refractivity contribution in [3.8, 4) is 0 Å². The zero-order valence-corrected chi connectivity index (χ0v) is 18.8. The van der Waals surface area contributed by atoms with Crippen LogP contribution in [-0.4, -0.2) is 20.4 Å². The molecule has 0 radical (unpaired) electrons. The summed E-state index contributed by atoms with van der Waals surface area (Å²) < 4.78 is 1.94. The summed E-state index contributed by atoms with van der Waals surface area (Å²) in [6.45, 7) is 6.58. The summed E-state index contributed by atoms with van der Waals surface area (Å²) in [5, 5.41) is 3.81. The lowest BCUT2D eigenvalue weighted by molar-refractivity contribution is -0.116. The standard InChI is InChI=1S/C25H26N4OS/c1-17(2)20-8-10-21(11-9-20)27-24(30)15-29-23-14-26-13-12-22(23)28-25(29)31-16-19-6-4-18(3)5-7-19/h4-14,17H,15-16H2,1-3H3,(H,27,30). The molecule has 158 valence electrons. The van der Waals surface area contributed by atoms with Crippen molar-refractivity contribution in [1.82, 2.24) is 14.5 Å². The van der Waals surface area contributed by atoms with Gasteiger partial charge in [0.2, 0.25) is 5.91 Å². The van der Waals surface area contributed by atoms with Crippen molar-refractivity contribution in [2.24, 2.45) is 0 Å². The highest BCUT2D eigenvalue weighted by atomic mass is 32.2. The summed E-state index contributed by atoms with van der Waals surface area (Å²) >= 11 is 1.63. The van der Waals surface area contributed by atoms with Crippen LogP contribution in [0, 0.1) is 6.92 Å². The Bertz CT molecular complexity index is 1180. The molecule has 0 bridgehead atoms. The highest BCUT2D eigenvalue weighted by Gasteiger charge is 2.15. The number of imidazole rings is 1. The van der Waals surface area contributed by atoms with E-state index < -0.39 is 0 Å². The summed E-state index contributed by atoms with van der Waals surface area (Å²) in [7, 11) is 0. The first kappa shape index (κ1) is 21.1. The van der Waals surface area contributed by atoms with Crippen molar-refractivity contribution in [2.75, 3.05) is 5.32 Å². The van der Waals surface area contributed by atoms with Crippen molar-refractivity contribution in [1.29, 1.82) is 0 Å². The van der Waals surface area contributed by atoms with E-state index >= 15 is 0 Å². The minimum absolute atomic E-state index is 0.0855. The Morgan fingerprint density at radius 1 is 1.06 bits per heavy atom. The van der Waals surface area contributed by atoms with Crippen molar-refractivity contribution < 1.29 is 4.79 Å². The fraction of sp³-hybridized carbons (Fsp3) is 0.240. The Balaban J connectivity index is 1.52. The number of fused-ring (bicyclic) bond motifs is 1. The summed E-state index contributed by atoms with van der Waals surface area (Å²) in [5.74, 6) is 1.16. The summed E-state index contributed by atoms with van der Waals surface area (Å²) in [6, 6.07) is 18.4. The van der Waals surface area contributed by atoms with Gasteiger partial charge in [-0.05, 0) is 42.2 Å². The number of benzene rings is 2. The minimum atomic E-state index is -0.0855. The van der Waals surface area contributed by atoms with E-state index in [0.717, 1.165) is 27.6 Å². The molecule has 0 spiro atoms. The molecule has 4 aromatic rings. The molecule has 2 heterocycles. The zero-order valence-electron chi connectivity index (χ0n) is 18.0. The van der Waals surface area contributed by atoms with E-state index in [1.165, 1.54) is 16.7 Å². The lowest BCUT2D eigenvalue weighted by atomic mass is 10.0. The Morgan fingerprint density at radius 3 is 2.52 bits per heavy atom. The van der Waals surface area contributed by atoms with Gasteiger partial charge in [-0.3, -0.25) is 9.78 Å². The molecule has 0 fully saturated rings. The monoisotopic (exact) mass is 430 g/mol. The molecule has 2 aromatic heterocycles. The van der Waals surface area contributed by atoms with E-state index in [2.05, 4.69) is 67.5 Å². The van der Waals surface area contributed by atoms with Gasteiger partial charge in [0.1, 0.15) is 6.54 Å². The van der Waals surface area contributed by atoms with Gasteiger partial charge in [-0.25, -0.2) is 4.98 Å². The Labute approximate surface area is 186 Å². The first-order valence-corrected chi connectivity index (χ1v) is 11.4. The van der Waals surface area contributed by atoms with Gasteiger partial charge in [0.05, 0.1) is 17.2 Å². The summed E-state index contributed by atoms with van der Waals surface area (Å²) in [4.78, 5) is 21.8. The molecule has 2 aromatic carbocycles. The second-order valence-electron chi connectivity index (χ2n) is 7.94. The van der Waals surface area contributed by atoms with Gasteiger partial charge in [0.15, 0.2) is 5.16 Å². The minimum Gasteiger partial charge on any atom is -0.325 e. The van der Waals surface area contributed by atoms with Crippen LogP contribution in [0.25, 0.3) is 11.0 Å². The van der Waals surface area contributed by atoms with Crippen LogP contribution in [0.1, 0.15) is 36.5 Å². The first-order valence-electron chi connectivity index (χ1n) is 10.4. The molecular weight excluding hydrogens is 404 g/mol. The van der Waals surface area contributed by atoms with E-state index in [-0.39, 0.29) is 12.5 Å². The smallest absolute Gasteiger partial charge is 0.244 e. The third-order valence-electron chi connectivity index (χ3n) is 5.17. The number of thioether (sulfide) groups is 1. The molecule has 1 N–H and O–H groups in total. The fourth-order valence-corrected chi connectivity index (χ4v) is 4.31. The number of rotatable bonds is 7. The third kappa shape index (κ3) is 5.14. The number of carbonyl (C=O) groups excluding carboxylic acids is 1. The van der Waals surface area contributed by atoms with Gasteiger partial charge in [0.25, 0.3) is 0 Å². The second kappa shape index (κ2) is 9.35. The molecule has 0 unspecified atom stereocenters. The van der Waals surface area contributed by atoms with Gasteiger partial charge < -0.3 is 9.88 Å². The zero-order chi connectivity index (χ0) is 21.8. The Hall–Kier alpha value is -3.12. The van der Waals surface area contributed by atoms with Gasteiger partial charge >= 0.3 is 0 Å². The molecule has 0 aliphatic rings. The first-order chi connectivity index (χ1) is 15.0. The third-order valence-corrected chi connectivity index (χ3v) is 6.21. The molecule has 6 heteroatoms. The second-order valence-corrected chi connectivity index (χ2v) is 8.89. The Morgan fingerprint density at radius 2 is 1.81 bits per heavy atom. The van der Waals surface area contributed by atoms with Gasteiger partial charge in [-0.1, -0.05) is 67.6 Å². The number of nitrogens with zero attached hydrogens (tertiary/aromatic N) is 3. The average Bonchev–Trinajstić information content (AvgIpc) is 3.11. The molecule has 0 aliphatic heterocycles. The van der Waals surface area contributed by atoms with E-state index in [4.69, 9.17) is 4.98 Å². The van der Waals surface area contributed by atoms with Crippen molar-refractivity contribution in [3.05, 3.63) is 83.7 Å². The lowest BCUT2D eigenvalue weighted by Gasteiger charge is -2.11. The predicted octanol–water partition coefficient (Wildman–Crippen LogP) is 5.79. The maximum absolute atomic E-state index is 12.8. The van der Waals surface area contributed by atoms with Crippen LogP contribution in [0.2, 0.25) is 0 Å². The molecular formula is C25H26N4OS. The maximum Gasteiger partial charge on any atom is 0.244 e. The molecule has 0 aliphatic carbocycles. The molecule has 0 saturated heterocycles. The van der Waals surface area contributed by atoms with Crippen LogP contribution in [0.5, 0.6) is 0 Å². The van der Waals surface area contributed by atoms with E-state index in [1.807, 2.05) is 22.8 Å². The number of anilines is 1. The molecule has 1 amide bonds. The fourth-order valence-electron chi connectivity index (χ4n) is 3.34. The number of hydrogen-bond acceptors (Lipinski definition) is 4. The maximum atomic E-state index is 12.8. The quantitative estimate of drug-likeness (QED) is 0.377. The van der Waals surface area contributed by atoms with Crippen molar-refractivity contribution in [3.63, 3.8) is 0 Å². The summed E-state index contributed by atoms with van der Waals surface area (Å²) in [5.41, 5.74) is 6.21. The SMILES string of the molecule is Cc1ccc(CSc2nc3ccncc3n2CC(=O)Nc2ccc(C(C)C)cc2)cc1. The van der Waals surface area contributed by atoms with Crippen LogP contribution in [-0.2, 0) is 17.1 Å². The predicted molar refractivity (Wildman–Crippen MR) is 127 cm³/mol. The topological polar surface area (TPSA) is 59.8 Å².